The zero-order chi connectivity index (χ0) is 14.9. The molecule has 0 amide bonds. The van der Waals surface area contributed by atoms with Gasteiger partial charge in [0.25, 0.3) is 5.56 Å². The van der Waals surface area contributed by atoms with Crippen LogP contribution in [0.2, 0.25) is 0 Å². The van der Waals surface area contributed by atoms with Crippen molar-refractivity contribution in [1.29, 1.82) is 0 Å². The molecule has 1 aromatic carbocycles. The molecule has 1 aromatic heterocycles. The van der Waals surface area contributed by atoms with Crippen LogP contribution in [0.1, 0.15) is 20.7 Å². The fourth-order valence-corrected chi connectivity index (χ4v) is 1.94. The number of carboxylic acids is 2. The molecule has 5 N–H and O–H groups in total. The Kier molecular flexibility index (Phi) is 3.26. The first-order valence-corrected chi connectivity index (χ1v) is 5.51. The number of aromatic nitrogens is 1. The minimum Gasteiger partial charge on any atom is -0.478 e. The van der Waals surface area contributed by atoms with Gasteiger partial charge in [-0.1, -0.05) is 30.3 Å². The summed E-state index contributed by atoms with van der Waals surface area (Å²) < 4.78 is 0. The van der Waals surface area contributed by atoms with Crippen LogP contribution in [0.4, 0.5) is 5.82 Å². The normalized spacial score (nSPS) is 10.2. The summed E-state index contributed by atoms with van der Waals surface area (Å²) in [5, 5.41) is 18.4. The molecule has 0 aliphatic carbocycles. The highest BCUT2D eigenvalue weighted by Crippen LogP contribution is 2.28. The summed E-state index contributed by atoms with van der Waals surface area (Å²) >= 11 is 0. The second kappa shape index (κ2) is 4.88. The first-order valence-electron chi connectivity index (χ1n) is 5.51. The lowest BCUT2D eigenvalue weighted by Gasteiger charge is -2.11. The maximum absolute atomic E-state index is 11.7. The van der Waals surface area contributed by atoms with Gasteiger partial charge in [0.1, 0.15) is 16.9 Å². The van der Waals surface area contributed by atoms with Crippen LogP contribution < -0.4 is 11.3 Å². The van der Waals surface area contributed by atoms with Crippen LogP contribution in [0.15, 0.2) is 35.1 Å². The number of rotatable bonds is 3. The van der Waals surface area contributed by atoms with Crippen molar-refractivity contribution in [2.75, 3.05) is 5.73 Å². The van der Waals surface area contributed by atoms with Gasteiger partial charge in [0.2, 0.25) is 0 Å². The summed E-state index contributed by atoms with van der Waals surface area (Å²) in [6.07, 6.45) is 0. The highest BCUT2D eigenvalue weighted by Gasteiger charge is 2.26. The summed E-state index contributed by atoms with van der Waals surface area (Å²) in [7, 11) is 0. The van der Waals surface area contributed by atoms with E-state index in [4.69, 9.17) is 10.8 Å². The van der Waals surface area contributed by atoms with E-state index < -0.39 is 28.6 Å². The molecule has 0 fully saturated rings. The van der Waals surface area contributed by atoms with Gasteiger partial charge in [-0.15, -0.1) is 0 Å². The van der Waals surface area contributed by atoms with Gasteiger partial charge in [0.15, 0.2) is 0 Å². The van der Waals surface area contributed by atoms with E-state index in [0.29, 0.717) is 5.56 Å². The van der Waals surface area contributed by atoms with Crippen molar-refractivity contribution < 1.29 is 19.8 Å². The summed E-state index contributed by atoms with van der Waals surface area (Å²) in [5.41, 5.74) is 3.56. The van der Waals surface area contributed by atoms with Crippen molar-refractivity contribution in [3.8, 4) is 11.1 Å². The van der Waals surface area contributed by atoms with E-state index >= 15 is 0 Å². The van der Waals surface area contributed by atoms with Gasteiger partial charge >= 0.3 is 11.9 Å². The Morgan fingerprint density at radius 2 is 1.55 bits per heavy atom. The van der Waals surface area contributed by atoms with Gasteiger partial charge in [-0.25, -0.2) is 9.59 Å². The monoisotopic (exact) mass is 274 g/mol. The fraction of sp³-hybridized carbons (Fsp3) is 0. The molecule has 0 saturated heterocycles. The van der Waals surface area contributed by atoms with E-state index in [2.05, 4.69) is 0 Å². The molecule has 2 aromatic rings. The lowest BCUT2D eigenvalue weighted by Crippen LogP contribution is -2.24. The van der Waals surface area contributed by atoms with Crippen LogP contribution in [-0.2, 0) is 0 Å². The van der Waals surface area contributed by atoms with Crippen LogP contribution in [0.5, 0.6) is 0 Å². The third kappa shape index (κ3) is 2.12. The molecule has 1 heterocycles. The Morgan fingerprint density at radius 3 is 2.05 bits per heavy atom. The second-order valence-corrected chi connectivity index (χ2v) is 3.97. The fourth-order valence-electron chi connectivity index (χ4n) is 1.94. The number of nitrogens with two attached hydrogens (primary N) is 1. The van der Waals surface area contributed by atoms with Crippen LogP contribution in [-0.4, -0.2) is 27.1 Å². The number of anilines is 1. The maximum atomic E-state index is 11.7. The number of benzene rings is 1. The molecule has 102 valence electrons. The number of H-pyrrole nitrogens is 1. The second-order valence-electron chi connectivity index (χ2n) is 3.97. The van der Waals surface area contributed by atoms with E-state index in [1.54, 1.807) is 18.2 Å². The number of hydrogen-bond donors (Lipinski definition) is 4. The Balaban J connectivity index is 2.98. The molecule has 7 heteroatoms. The quantitative estimate of drug-likeness (QED) is 0.660. The van der Waals surface area contributed by atoms with E-state index in [-0.39, 0.29) is 11.4 Å². The average Bonchev–Trinajstić information content (AvgIpc) is 2.37. The van der Waals surface area contributed by atoms with Crippen molar-refractivity contribution >= 4 is 17.8 Å². The number of pyridine rings is 1. The first kappa shape index (κ1) is 13.3. The molecule has 0 aliphatic heterocycles. The smallest absolute Gasteiger partial charge is 0.342 e. The molecular weight excluding hydrogens is 264 g/mol. The molecule has 0 unspecified atom stereocenters. The summed E-state index contributed by atoms with van der Waals surface area (Å²) in [6.45, 7) is 0. The number of carbonyl (C=O) groups is 2. The summed E-state index contributed by atoms with van der Waals surface area (Å²) in [6, 6.07) is 7.90. The summed E-state index contributed by atoms with van der Waals surface area (Å²) in [4.78, 5) is 36.3. The van der Waals surface area contributed by atoms with Crippen LogP contribution in [0.3, 0.4) is 0 Å². The Labute approximate surface area is 112 Å². The lowest BCUT2D eigenvalue weighted by molar-refractivity contribution is 0.0695. The number of nitrogen functional groups attached to an aromatic ring is 1. The molecule has 0 radical (unpaired) electrons. The van der Waals surface area contributed by atoms with Crippen molar-refractivity contribution in [2.24, 2.45) is 0 Å². The van der Waals surface area contributed by atoms with Crippen molar-refractivity contribution in [3.05, 3.63) is 51.8 Å². The number of hydrogen-bond acceptors (Lipinski definition) is 4. The Morgan fingerprint density at radius 1 is 1.00 bits per heavy atom. The lowest BCUT2D eigenvalue weighted by atomic mass is 9.95. The van der Waals surface area contributed by atoms with E-state index in [1.165, 1.54) is 12.1 Å². The van der Waals surface area contributed by atoms with Gasteiger partial charge in [-0.2, -0.15) is 0 Å². The van der Waals surface area contributed by atoms with E-state index in [9.17, 15) is 19.5 Å². The van der Waals surface area contributed by atoms with Gasteiger partial charge in [-0.3, -0.25) is 4.79 Å². The van der Waals surface area contributed by atoms with Crippen molar-refractivity contribution in [2.45, 2.75) is 0 Å². The van der Waals surface area contributed by atoms with Crippen molar-refractivity contribution in [1.82, 2.24) is 4.98 Å². The molecule has 2 rings (SSSR count). The van der Waals surface area contributed by atoms with Gasteiger partial charge in [0, 0.05) is 5.56 Å². The molecular formula is C13H10N2O5. The third-order valence-electron chi connectivity index (χ3n) is 2.73. The maximum Gasteiger partial charge on any atom is 0.342 e. The zero-order valence-electron chi connectivity index (χ0n) is 10.1. The number of aromatic amines is 1. The third-order valence-corrected chi connectivity index (χ3v) is 2.73. The summed E-state index contributed by atoms with van der Waals surface area (Å²) in [5.74, 6) is -3.32. The van der Waals surface area contributed by atoms with E-state index in [1.807, 2.05) is 4.98 Å². The number of nitrogens with one attached hydrogen (secondary N) is 1. The predicted molar refractivity (Wildman–Crippen MR) is 70.8 cm³/mol. The molecule has 0 saturated carbocycles. The predicted octanol–water partition coefficient (Wildman–Crippen LogP) is 1.02. The highest BCUT2D eigenvalue weighted by molar-refractivity contribution is 6.07. The molecule has 7 nitrogen and oxygen atoms in total. The Hall–Kier alpha value is -3.09. The molecule has 0 atom stereocenters. The topological polar surface area (TPSA) is 133 Å². The van der Waals surface area contributed by atoms with Gasteiger partial charge < -0.3 is 20.9 Å². The standard InChI is InChI=1S/C13H10N2O5/c14-10-8(12(17)18)7(6-4-2-1-3-5-6)9(13(19)20)11(16)15-10/h1-5H,(H,17,18)(H,19,20)(H3,14,15,16). The number of carboxylic acid groups (broad SMARTS) is 2. The minimum atomic E-state index is -1.52. The van der Waals surface area contributed by atoms with Gasteiger partial charge in [-0.05, 0) is 5.56 Å². The first-order chi connectivity index (χ1) is 9.43. The zero-order valence-corrected chi connectivity index (χ0v) is 10.1. The Bertz CT molecular complexity index is 749. The SMILES string of the molecule is Nc1[nH]c(=O)c(C(=O)O)c(-c2ccccc2)c1C(=O)O. The number of aromatic carboxylic acids is 2. The van der Waals surface area contributed by atoms with Gasteiger partial charge in [0.05, 0.1) is 0 Å². The average molecular weight is 274 g/mol. The molecule has 0 bridgehead atoms. The molecule has 0 spiro atoms. The largest absolute Gasteiger partial charge is 0.478 e. The van der Waals surface area contributed by atoms with Crippen LogP contribution >= 0.6 is 0 Å². The van der Waals surface area contributed by atoms with Crippen LogP contribution in [0.25, 0.3) is 11.1 Å². The van der Waals surface area contributed by atoms with Crippen molar-refractivity contribution in [3.63, 3.8) is 0 Å². The minimum absolute atomic E-state index is 0.202. The van der Waals surface area contributed by atoms with Crippen LogP contribution in [0, 0.1) is 0 Å². The molecule has 20 heavy (non-hydrogen) atoms. The highest BCUT2D eigenvalue weighted by atomic mass is 16.4. The van der Waals surface area contributed by atoms with E-state index in [0.717, 1.165) is 0 Å². The molecule has 0 aliphatic rings.